The van der Waals surface area contributed by atoms with E-state index in [1.54, 1.807) is 0 Å². The Morgan fingerprint density at radius 2 is 2.00 bits per heavy atom. The highest BCUT2D eigenvalue weighted by Gasteiger charge is 2.29. The van der Waals surface area contributed by atoms with Gasteiger partial charge >= 0.3 is 6.18 Å². The molecular formula is C20H25F4NO. The van der Waals surface area contributed by atoms with Crippen LogP contribution in [0.15, 0.2) is 17.7 Å². The molecule has 0 aromatic heterocycles. The average Bonchev–Trinajstić information content (AvgIpc) is 2.57. The summed E-state index contributed by atoms with van der Waals surface area (Å²) in [5, 5.41) is 0. The van der Waals surface area contributed by atoms with Crippen LogP contribution in [0.1, 0.15) is 44.2 Å². The second-order valence-corrected chi connectivity index (χ2v) is 7.45. The van der Waals surface area contributed by atoms with Crippen LogP contribution in [-0.2, 0) is 6.42 Å². The van der Waals surface area contributed by atoms with E-state index in [1.807, 2.05) is 6.07 Å². The number of benzene rings is 1. The van der Waals surface area contributed by atoms with Gasteiger partial charge in [0.15, 0.2) is 11.6 Å². The molecule has 2 atom stereocenters. The molecule has 1 aromatic rings. The van der Waals surface area contributed by atoms with E-state index in [2.05, 4.69) is 24.8 Å². The molecule has 1 aliphatic heterocycles. The Labute approximate surface area is 151 Å². The van der Waals surface area contributed by atoms with E-state index in [0.717, 1.165) is 18.7 Å². The van der Waals surface area contributed by atoms with Gasteiger partial charge in [-0.2, -0.15) is 13.2 Å². The lowest BCUT2D eigenvalue weighted by molar-refractivity contribution is -0.136. The van der Waals surface area contributed by atoms with E-state index >= 15 is 0 Å². The van der Waals surface area contributed by atoms with Crippen molar-refractivity contribution in [3.63, 3.8) is 0 Å². The summed E-state index contributed by atoms with van der Waals surface area (Å²) < 4.78 is 56.5. The van der Waals surface area contributed by atoms with Crippen LogP contribution in [0.4, 0.5) is 17.6 Å². The molecule has 0 amide bonds. The van der Waals surface area contributed by atoms with Crippen LogP contribution >= 0.6 is 0 Å². The number of fused-ring (bicyclic) bond motifs is 1. The van der Waals surface area contributed by atoms with Crippen molar-refractivity contribution >= 4 is 6.08 Å². The standard InChI is InChI=1S/C20H25F4NO/c1-13-10-17-15(11-16(13)12-25-8-6-14(25)2)4-5-18(19(17)21)26-9-3-7-20(22,23)24/h4-5,11,13-14H,3,6-10,12H2,1-2H3/t13?,14-/m0/s1. The second kappa shape index (κ2) is 7.59. The van der Waals surface area contributed by atoms with Crippen LogP contribution in [0.2, 0.25) is 0 Å². The predicted molar refractivity (Wildman–Crippen MR) is 93.7 cm³/mol. The Morgan fingerprint density at radius 3 is 2.62 bits per heavy atom. The third-order valence-corrected chi connectivity index (χ3v) is 5.43. The predicted octanol–water partition coefficient (Wildman–Crippen LogP) is 5.22. The lowest BCUT2D eigenvalue weighted by Gasteiger charge is -2.40. The van der Waals surface area contributed by atoms with Crippen LogP contribution in [0.25, 0.3) is 6.08 Å². The first-order chi connectivity index (χ1) is 12.2. The fourth-order valence-corrected chi connectivity index (χ4v) is 3.54. The van der Waals surface area contributed by atoms with E-state index in [4.69, 9.17) is 4.74 Å². The molecule has 0 N–H and O–H groups in total. The number of ether oxygens (including phenoxy) is 1. The summed E-state index contributed by atoms with van der Waals surface area (Å²) in [5.41, 5.74) is 2.76. The summed E-state index contributed by atoms with van der Waals surface area (Å²) in [6, 6.07) is 3.94. The number of halogens is 4. The van der Waals surface area contributed by atoms with Crippen LogP contribution < -0.4 is 4.74 Å². The molecule has 2 nitrogen and oxygen atoms in total. The van der Waals surface area contributed by atoms with Crippen molar-refractivity contribution < 1.29 is 22.3 Å². The average molecular weight is 371 g/mol. The van der Waals surface area contributed by atoms with Gasteiger partial charge in [-0.05, 0) is 49.3 Å². The number of rotatable bonds is 6. The SMILES string of the molecule is CC1Cc2c(ccc(OCCCC(F)(F)F)c2F)C=C1CN1CC[C@@H]1C. The van der Waals surface area contributed by atoms with Gasteiger partial charge < -0.3 is 4.74 Å². The maximum Gasteiger partial charge on any atom is 0.389 e. The van der Waals surface area contributed by atoms with Gasteiger partial charge in [0.1, 0.15) is 0 Å². The first-order valence-corrected chi connectivity index (χ1v) is 9.20. The van der Waals surface area contributed by atoms with Gasteiger partial charge in [0.2, 0.25) is 0 Å². The van der Waals surface area contributed by atoms with Gasteiger partial charge in [0.25, 0.3) is 0 Å². The van der Waals surface area contributed by atoms with E-state index in [1.165, 1.54) is 18.1 Å². The molecule has 1 heterocycles. The lowest BCUT2D eigenvalue weighted by atomic mass is 9.83. The van der Waals surface area contributed by atoms with Crippen molar-refractivity contribution in [2.75, 3.05) is 19.7 Å². The van der Waals surface area contributed by atoms with Crippen molar-refractivity contribution in [1.82, 2.24) is 4.90 Å². The Balaban J connectivity index is 1.67. The van der Waals surface area contributed by atoms with Crippen LogP contribution in [-0.4, -0.2) is 36.8 Å². The van der Waals surface area contributed by atoms with Crippen LogP contribution in [0.3, 0.4) is 0 Å². The number of hydrogen-bond acceptors (Lipinski definition) is 2. The summed E-state index contributed by atoms with van der Waals surface area (Å²) in [7, 11) is 0. The van der Waals surface area contributed by atoms with Crippen molar-refractivity contribution in [3.8, 4) is 5.75 Å². The number of alkyl halides is 3. The summed E-state index contributed by atoms with van der Waals surface area (Å²) in [6.07, 6.45) is -1.42. The molecule has 144 valence electrons. The van der Waals surface area contributed by atoms with Crippen molar-refractivity contribution in [2.24, 2.45) is 5.92 Å². The van der Waals surface area contributed by atoms with E-state index in [-0.39, 0.29) is 24.7 Å². The Hall–Kier alpha value is -1.56. The Bertz CT molecular complexity index is 683. The number of hydrogen-bond donors (Lipinski definition) is 0. The molecule has 26 heavy (non-hydrogen) atoms. The van der Waals surface area contributed by atoms with Gasteiger partial charge in [-0.3, -0.25) is 4.90 Å². The highest BCUT2D eigenvalue weighted by Crippen LogP contribution is 2.35. The summed E-state index contributed by atoms with van der Waals surface area (Å²) >= 11 is 0. The fraction of sp³-hybridized carbons (Fsp3) is 0.600. The lowest BCUT2D eigenvalue weighted by Crippen LogP contribution is -2.47. The zero-order valence-corrected chi connectivity index (χ0v) is 15.2. The summed E-state index contributed by atoms with van der Waals surface area (Å²) in [5.74, 6) is -0.148. The first kappa shape index (κ1) is 19.2. The minimum Gasteiger partial charge on any atom is -0.491 e. The molecule has 0 saturated carbocycles. The number of nitrogens with zero attached hydrogens (tertiary/aromatic N) is 1. The van der Waals surface area contributed by atoms with Gasteiger partial charge in [0.05, 0.1) is 6.61 Å². The molecule has 1 aromatic carbocycles. The van der Waals surface area contributed by atoms with E-state index < -0.39 is 18.4 Å². The molecule has 0 spiro atoms. The highest BCUT2D eigenvalue weighted by molar-refractivity contribution is 5.62. The molecule has 1 fully saturated rings. The van der Waals surface area contributed by atoms with Gasteiger partial charge in [-0.15, -0.1) is 0 Å². The zero-order valence-electron chi connectivity index (χ0n) is 15.2. The van der Waals surface area contributed by atoms with Crippen molar-refractivity contribution in [3.05, 3.63) is 34.6 Å². The fourth-order valence-electron chi connectivity index (χ4n) is 3.54. The molecule has 1 aliphatic carbocycles. The van der Waals surface area contributed by atoms with E-state index in [9.17, 15) is 17.6 Å². The highest BCUT2D eigenvalue weighted by atomic mass is 19.4. The Morgan fingerprint density at radius 1 is 1.23 bits per heavy atom. The quantitative estimate of drug-likeness (QED) is 0.502. The molecule has 2 aliphatic rings. The maximum atomic E-state index is 14.7. The van der Waals surface area contributed by atoms with Gasteiger partial charge in [0, 0.05) is 25.6 Å². The van der Waals surface area contributed by atoms with Crippen LogP contribution in [0.5, 0.6) is 5.75 Å². The molecule has 0 radical (unpaired) electrons. The zero-order chi connectivity index (χ0) is 18.9. The molecular weight excluding hydrogens is 346 g/mol. The third-order valence-electron chi connectivity index (χ3n) is 5.43. The smallest absolute Gasteiger partial charge is 0.389 e. The largest absolute Gasteiger partial charge is 0.491 e. The third kappa shape index (κ3) is 4.40. The summed E-state index contributed by atoms with van der Waals surface area (Å²) in [4.78, 5) is 2.42. The van der Waals surface area contributed by atoms with Crippen molar-refractivity contribution in [1.29, 1.82) is 0 Å². The monoisotopic (exact) mass is 371 g/mol. The minimum atomic E-state index is -4.21. The topological polar surface area (TPSA) is 12.5 Å². The van der Waals surface area contributed by atoms with Gasteiger partial charge in [-0.25, -0.2) is 4.39 Å². The normalized spacial score (nSPS) is 23.2. The van der Waals surface area contributed by atoms with Crippen molar-refractivity contribution in [2.45, 2.75) is 51.7 Å². The second-order valence-electron chi connectivity index (χ2n) is 7.45. The minimum absolute atomic E-state index is 0.0475. The molecule has 6 heteroatoms. The van der Waals surface area contributed by atoms with Crippen LogP contribution in [0, 0.1) is 11.7 Å². The van der Waals surface area contributed by atoms with E-state index in [0.29, 0.717) is 18.0 Å². The summed E-state index contributed by atoms with van der Waals surface area (Å²) in [6.45, 7) is 6.19. The molecule has 1 saturated heterocycles. The molecule has 3 rings (SSSR count). The molecule has 1 unspecified atom stereocenters. The maximum absolute atomic E-state index is 14.7. The Kier molecular flexibility index (Phi) is 5.61. The van der Waals surface area contributed by atoms with Gasteiger partial charge in [-0.1, -0.05) is 24.6 Å². The first-order valence-electron chi connectivity index (χ1n) is 9.20. The number of likely N-dealkylation sites (tertiary alicyclic amines) is 1. The molecule has 0 bridgehead atoms.